The predicted molar refractivity (Wildman–Crippen MR) is 78.1 cm³/mol. The third-order valence-electron chi connectivity index (χ3n) is 3.10. The highest BCUT2D eigenvalue weighted by atomic mass is 79.9. The highest BCUT2D eigenvalue weighted by molar-refractivity contribution is 9.10. The molecule has 0 saturated carbocycles. The average Bonchev–Trinajstić information content (AvgIpc) is 2.29. The van der Waals surface area contributed by atoms with Crippen molar-refractivity contribution in [3.8, 4) is 0 Å². The highest BCUT2D eigenvalue weighted by Gasteiger charge is 2.22. The minimum atomic E-state index is -0.125. The van der Waals surface area contributed by atoms with Crippen LogP contribution in [0.15, 0.2) is 28.7 Å². The van der Waals surface area contributed by atoms with Gasteiger partial charge in [0.2, 0.25) is 5.91 Å². The molecule has 0 heterocycles. The van der Waals surface area contributed by atoms with Crippen LogP contribution < -0.4 is 11.1 Å². The van der Waals surface area contributed by atoms with Crippen LogP contribution in [0.5, 0.6) is 0 Å². The first-order chi connectivity index (χ1) is 8.45. The molecule has 0 saturated heterocycles. The Kier molecular flexibility index (Phi) is 5.82. The average molecular weight is 313 g/mol. The molecule has 1 aromatic carbocycles. The summed E-state index contributed by atoms with van der Waals surface area (Å²) < 4.78 is 1.01. The Balaban J connectivity index is 2.70. The molecule has 0 aliphatic carbocycles. The number of carbonyl (C=O) groups excluding carboxylic acids is 1. The molecular formula is C14H21BrN2O. The fraction of sp³-hybridized carbons (Fsp3) is 0.500. The van der Waals surface area contributed by atoms with Gasteiger partial charge in [0.05, 0.1) is 12.0 Å². The Bertz CT molecular complexity index is 407. The van der Waals surface area contributed by atoms with Crippen LogP contribution in [-0.4, -0.2) is 12.5 Å². The smallest absolute Gasteiger partial charge is 0.225 e. The molecule has 1 aromatic rings. The number of halogens is 1. The number of nitrogens with one attached hydrogen (secondary N) is 1. The minimum absolute atomic E-state index is 0.0113. The maximum Gasteiger partial charge on any atom is 0.225 e. The van der Waals surface area contributed by atoms with Gasteiger partial charge in [0, 0.05) is 11.0 Å². The van der Waals surface area contributed by atoms with Gasteiger partial charge in [-0.2, -0.15) is 0 Å². The Morgan fingerprint density at radius 3 is 2.56 bits per heavy atom. The Morgan fingerprint density at radius 2 is 2.06 bits per heavy atom. The predicted octanol–water partition coefficient (Wildman–Crippen LogP) is 2.86. The first kappa shape index (κ1) is 15.2. The van der Waals surface area contributed by atoms with E-state index in [2.05, 4.69) is 21.2 Å². The molecule has 18 heavy (non-hydrogen) atoms. The monoisotopic (exact) mass is 312 g/mol. The number of amides is 1. The molecular weight excluding hydrogens is 292 g/mol. The molecule has 0 aliphatic heterocycles. The first-order valence-electron chi connectivity index (χ1n) is 6.21. The summed E-state index contributed by atoms with van der Waals surface area (Å²) in [7, 11) is 0. The first-order valence-corrected chi connectivity index (χ1v) is 7.01. The molecule has 3 nitrogen and oxygen atoms in total. The van der Waals surface area contributed by atoms with Crippen molar-refractivity contribution in [1.29, 1.82) is 0 Å². The molecule has 1 unspecified atom stereocenters. The lowest BCUT2D eigenvalue weighted by molar-refractivity contribution is -0.126. The minimum Gasteiger partial charge on any atom is -0.349 e. The third kappa shape index (κ3) is 4.10. The summed E-state index contributed by atoms with van der Waals surface area (Å²) in [6.07, 6.45) is 0. The van der Waals surface area contributed by atoms with Crippen molar-refractivity contribution in [2.24, 2.45) is 17.6 Å². The highest BCUT2D eigenvalue weighted by Crippen LogP contribution is 2.19. The number of nitrogens with two attached hydrogens (primary N) is 1. The van der Waals surface area contributed by atoms with E-state index >= 15 is 0 Å². The fourth-order valence-electron chi connectivity index (χ4n) is 1.86. The van der Waals surface area contributed by atoms with E-state index in [1.807, 2.05) is 45.0 Å². The summed E-state index contributed by atoms with van der Waals surface area (Å²) in [4.78, 5) is 12.1. The van der Waals surface area contributed by atoms with Gasteiger partial charge in [-0.05, 0) is 30.5 Å². The molecule has 3 N–H and O–H groups in total. The molecule has 0 aliphatic rings. The fourth-order valence-corrected chi connectivity index (χ4v) is 2.28. The van der Waals surface area contributed by atoms with E-state index < -0.39 is 0 Å². The van der Waals surface area contributed by atoms with Gasteiger partial charge >= 0.3 is 0 Å². The molecule has 0 fully saturated rings. The van der Waals surface area contributed by atoms with Gasteiger partial charge < -0.3 is 11.1 Å². The van der Waals surface area contributed by atoms with Gasteiger partial charge in [0.15, 0.2) is 0 Å². The zero-order valence-electron chi connectivity index (χ0n) is 11.1. The van der Waals surface area contributed by atoms with Gasteiger partial charge in [-0.25, -0.2) is 0 Å². The van der Waals surface area contributed by atoms with Crippen LogP contribution in [0.2, 0.25) is 0 Å². The lowest BCUT2D eigenvalue weighted by Crippen LogP contribution is -2.39. The van der Waals surface area contributed by atoms with Gasteiger partial charge in [0.1, 0.15) is 0 Å². The van der Waals surface area contributed by atoms with Gasteiger partial charge in [-0.15, -0.1) is 0 Å². The molecule has 1 amide bonds. The van der Waals surface area contributed by atoms with Crippen molar-refractivity contribution < 1.29 is 4.79 Å². The van der Waals surface area contributed by atoms with Crippen molar-refractivity contribution in [3.05, 3.63) is 34.3 Å². The molecule has 4 heteroatoms. The summed E-state index contributed by atoms with van der Waals surface area (Å²) in [6.45, 7) is 6.39. The van der Waals surface area contributed by atoms with Crippen molar-refractivity contribution in [2.75, 3.05) is 6.54 Å². The van der Waals surface area contributed by atoms with Gasteiger partial charge in [-0.1, -0.05) is 41.9 Å². The second-order valence-corrected chi connectivity index (χ2v) is 5.79. The number of carbonyl (C=O) groups is 1. The van der Waals surface area contributed by atoms with Crippen molar-refractivity contribution in [3.63, 3.8) is 0 Å². The summed E-state index contributed by atoms with van der Waals surface area (Å²) in [6, 6.07) is 7.93. The van der Waals surface area contributed by atoms with E-state index in [-0.39, 0.29) is 23.8 Å². The number of hydrogen-bond acceptors (Lipinski definition) is 2. The molecule has 100 valence electrons. The lowest BCUT2D eigenvalue weighted by Gasteiger charge is -2.22. The normalized spacial score (nSPS) is 14.3. The topological polar surface area (TPSA) is 55.1 Å². The quantitative estimate of drug-likeness (QED) is 0.878. The van der Waals surface area contributed by atoms with Crippen LogP contribution in [0.4, 0.5) is 0 Å². The Morgan fingerprint density at radius 1 is 1.39 bits per heavy atom. The van der Waals surface area contributed by atoms with Gasteiger partial charge in [0.25, 0.3) is 0 Å². The van der Waals surface area contributed by atoms with Crippen molar-refractivity contribution >= 4 is 21.8 Å². The zero-order valence-corrected chi connectivity index (χ0v) is 12.7. The molecule has 1 rings (SSSR count). The van der Waals surface area contributed by atoms with E-state index in [0.29, 0.717) is 6.54 Å². The third-order valence-corrected chi connectivity index (χ3v) is 3.60. The maximum absolute atomic E-state index is 12.1. The molecule has 0 radical (unpaired) electrons. The summed E-state index contributed by atoms with van der Waals surface area (Å²) in [5.41, 5.74) is 6.73. The maximum atomic E-state index is 12.1. The Labute approximate surface area is 117 Å². The van der Waals surface area contributed by atoms with Crippen LogP contribution in [-0.2, 0) is 4.79 Å². The molecule has 0 spiro atoms. The summed E-state index contributed by atoms with van der Waals surface area (Å²) >= 11 is 3.43. The van der Waals surface area contributed by atoms with Crippen LogP contribution in [0.3, 0.4) is 0 Å². The van der Waals surface area contributed by atoms with E-state index in [4.69, 9.17) is 5.73 Å². The SMILES string of the molecule is CC(C)C(CN)C(=O)N[C@@H](C)c1cccc(Br)c1. The van der Waals surface area contributed by atoms with Crippen LogP contribution in [0, 0.1) is 11.8 Å². The van der Waals surface area contributed by atoms with Crippen LogP contribution >= 0.6 is 15.9 Å². The van der Waals surface area contributed by atoms with E-state index in [0.717, 1.165) is 10.0 Å². The number of hydrogen-bond donors (Lipinski definition) is 2. The lowest BCUT2D eigenvalue weighted by atomic mass is 9.94. The number of rotatable bonds is 5. The standard InChI is InChI=1S/C14H21BrN2O/c1-9(2)13(8-16)14(18)17-10(3)11-5-4-6-12(15)7-11/h4-7,9-10,13H,8,16H2,1-3H3,(H,17,18)/t10-,13?/m0/s1. The van der Waals surface area contributed by atoms with E-state index in [1.165, 1.54) is 0 Å². The second kappa shape index (κ2) is 6.90. The largest absolute Gasteiger partial charge is 0.349 e. The summed E-state index contributed by atoms with van der Waals surface area (Å²) in [5.74, 6) is 0.157. The van der Waals surface area contributed by atoms with Crippen LogP contribution in [0.25, 0.3) is 0 Å². The van der Waals surface area contributed by atoms with Crippen LogP contribution in [0.1, 0.15) is 32.4 Å². The second-order valence-electron chi connectivity index (χ2n) is 4.87. The Hall–Kier alpha value is -0.870. The molecule has 0 bridgehead atoms. The number of benzene rings is 1. The summed E-state index contributed by atoms with van der Waals surface area (Å²) in [5, 5.41) is 3.02. The van der Waals surface area contributed by atoms with Crippen molar-refractivity contribution in [1.82, 2.24) is 5.32 Å². The van der Waals surface area contributed by atoms with E-state index in [9.17, 15) is 4.79 Å². The van der Waals surface area contributed by atoms with E-state index in [1.54, 1.807) is 0 Å². The van der Waals surface area contributed by atoms with Crippen molar-refractivity contribution in [2.45, 2.75) is 26.8 Å². The van der Waals surface area contributed by atoms with Gasteiger partial charge in [-0.3, -0.25) is 4.79 Å². The molecule has 2 atom stereocenters. The molecule has 0 aromatic heterocycles. The zero-order chi connectivity index (χ0) is 13.7.